The van der Waals surface area contributed by atoms with E-state index < -0.39 is 12.2 Å². The summed E-state index contributed by atoms with van der Waals surface area (Å²) in [6.45, 7) is 0.247. The van der Waals surface area contributed by atoms with E-state index in [0.717, 1.165) is 0 Å². The van der Waals surface area contributed by atoms with Gasteiger partial charge in [0.05, 0.1) is 11.5 Å². The minimum Gasteiger partial charge on any atom is -0.481 e. The van der Waals surface area contributed by atoms with Gasteiger partial charge in [-0.15, -0.1) is 0 Å². The van der Waals surface area contributed by atoms with Gasteiger partial charge in [-0.1, -0.05) is 11.6 Å². The zero-order valence-corrected chi connectivity index (χ0v) is 7.61. The van der Waals surface area contributed by atoms with Crippen molar-refractivity contribution in [1.82, 2.24) is 4.90 Å². The van der Waals surface area contributed by atoms with Crippen LogP contribution in [0.15, 0.2) is 23.4 Å². The fourth-order valence-corrected chi connectivity index (χ4v) is 1.19. The lowest BCUT2D eigenvalue weighted by molar-refractivity contribution is -0.137. The molecule has 5 heteroatoms. The Morgan fingerprint density at radius 3 is 3.00 bits per heavy atom. The molecular weight excluding hydrogens is 194 g/mol. The van der Waals surface area contributed by atoms with Gasteiger partial charge < -0.3 is 15.1 Å². The van der Waals surface area contributed by atoms with Crippen molar-refractivity contribution in [2.75, 3.05) is 6.54 Å². The second-order valence-electron chi connectivity index (χ2n) is 2.67. The first-order valence-corrected chi connectivity index (χ1v) is 4.18. The summed E-state index contributed by atoms with van der Waals surface area (Å²) >= 11 is 5.67. The maximum atomic E-state index is 10.3. The Kier molecular flexibility index (Phi) is 3.33. The summed E-state index contributed by atoms with van der Waals surface area (Å²) in [6.07, 6.45) is 3.80. The highest BCUT2D eigenvalue weighted by Crippen LogP contribution is 2.14. The number of nitrogens with zero attached hydrogens (tertiary/aromatic N) is 1. The molecular formula is C8H10ClNO3. The number of hydrogen-bond donors (Lipinski definition) is 2. The Morgan fingerprint density at radius 2 is 2.38 bits per heavy atom. The van der Waals surface area contributed by atoms with Crippen LogP contribution in [0.4, 0.5) is 0 Å². The van der Waals surface area contributed by atoms with Crippen molar-refractivity contribution in [3.8, 4) is 0 Å². The minimum atomic E-state index is -0.897. The van der Waals surface area contributed by atoms with E-state index in [4.69, 9.17) is 16.7 Å². The quantitative estimate of drug-likeness (QED) is 0.710. The van der Waals surface area contributed by atoms with Crippen LogP contribution in [0.1, 0.15) is 6.42 Å². The smallest absolute Gasteiger partial charge is 0.305 e. The number of rotatable bonds is 3. The van der Waals surface area contributed by atoms with Gasteiger partial charge in [0.1, 0.15) is 6.23 Å². The number of halogens is 1. The molecule has 1 rings (SSSR count). The third kappa shape index (κ3) is 3.08. The van der Waals surface area contributed by atoms with Gasteiger partial charge in [0.15, 0.2) is 0 Å². The van der Waals surface area contributed by atoms with Gasteiger partial charge in [-0.25, -0.2) is 0 Å². The molecule has 0 saturated carbocycles. The predicted molar refractivity (Wildman–Crippen MR) is 48.0 cm³/mol. The molecule has 1 unspecified atom stereocenters. The third-order valence-corrected chi connectivity index (χ3v) is 1.86. The molecule has 1 heterocycles. The van der Waals surface area contributed by atoms with E-state index in [1.54, 1.807) is 6.08 Å². The Bertz CT molecular complexity index is 262. The maximum absolute atomic E-state index is 10.3. The van der Waals surface area contributed by atoms with E-state index in [-0.39, 0.29) is 13.0 Å². The van der Waals surface area contributed by atoms with E-state index in [1.165, 1.54) is 17.2 Å². The molecule has 13 heavy (non-hydrogen) atoms. The molecule has 1 aliphatic heterocycles. The van der Waals surface area contributed by atoms with E-state index in [9.17, 15) is 9.90 Å². The molecule has 0 saturated heterocycles. The molecule has 0 aromatic rings. The van der Waals surface area contributed by atoms with Crippen molar-refractivity contribution < 1.29 is 15.0 Å². The summed E-state index contributed by atoms with van der Waals surface area (Å²) in [6, 6.07) is 0. The van der Waals surface area contributed by atoms with Gasteiger partial charge in [0.25, 0.3) is 0 Å². The summed E-state index contributed by atoms with van der Waals surface area (Å²) in [4.78, 5) is 11.7. The van der Waals surface area contributed by atoms with Crippen LogP contribution in [0.25, 0.3) is 0 Å². The van der Waals surface area contributed by atoms with E-state index in [1.807, 2.05) is 0 Å². The molecule has 0 fully saturated rings. The monoisotopic (exact) mass is 203 g/mol. The number of allylic oxidation sites excluding steroid dienone is 2. The normalized spacial score (nSPS) is 21.5. The average Bonchev–Trinajstić information content (AvgIpc) is 2.06. The number of aliphatic hydroxyl groups is 1. The van der Waals surface area contributed by atoms with E-state index in [2.05, 4.69) is 0 Å². The van der Waals surface area contributed by atoms with Crippen molar-refractivity contribution in [1.29, 1.82) is 0 Å². The minimum absolute atomic E-state index is 0.0223. The Morgan fingerprint density at radius 1 is 1.69 bits per heavy atom. The number of aliphatic carboxylic acids is 1. The summed E-state index contributed by atoms with van der Waals surface area (Å²) in [7, 11) is 0. The number of carboxylic acid groups (broad SMARTS) is 1. The molecule has 0 bridgehead atoms. The van der Waals surface area contributed by atoms with Crippen LogP contribution in [0.3, 0.4) is 0 Å². The van der Waals surface area contributed by atoms with Gasteiger partial charge in [0.2, 0.25) is 0 Å². The van der Waals surface area contributed by atoms with Crippen LogP contribution in [0, 0.1) is 0 Å². The Labute approximate surface area is 80.7 Å². The third-order valence-electron chi connectivity index (χ3n) is 1.64. The van der Waals surface area contributed by atoms with Crippen molar-refractivity contribution in [2.24, 2.45) is 0 Å². The SMILES string of the molecule is O=C(O)CCN1C=C(Cl)C=CC1O. The highest BCUT2D eigenvalue weighted by molar-refractivity contribution is 6.31. The Hall–Kier alpha value is -1.00. The summed E-state index contributed by atoms with van der Waals surface area (Å²) < 4.78 is 0. The lowest BCUT2D eigenvalue weighted by Gasteiger charge is -2.26. The first-order chi connectivity index (χ1) is 6.09. The second-order valence-corrected chi connectivity index (χ2v) is 3.10. The van der Waals surface area contributed by atoms with Crippen molar-refractivity contribution in [3.05, 3.63) is 23.4 Å². The molecule has 2 N–H and O–H groups in total. The van der Waals surface area contributed by atoms with Crippen LogP contribution >= 0.6 is 11.6 Å². The molecule has 0 aromatic carbocycles. The largest absolute Gasteiger partial charge is 0.481 e. The van der Waals surface area contributed by atoms with Gasteiger partial charge in [-0.05, 0) is 12.2 Å². The molecule has 1 atom stereocenters. The van der Waals surface area contributed by atoms with Crippen LogP contribution < -0.4 is 0 Å². The number of carboxylic acids is 1. The van der Waals surface area contributed by atoms with Crippen LogP contribution in [-0.4, -0.2) is 33.9 Å². The van der Waals surface area contributed by atoms with Crippen molar-refractivity contribution in [3.63, 3.8) is 0 Å². The summed E-state index contributed by atoms with van der Waals surface area (Å²) in [5.74, 6) is -0.897. The molecule has 0 amide bonds. The van der Waals surface area contributed by atoms with Crippen LogP contribution in [0.5, 0.6) is 0 Å². The maximum Gasteiger partial charge on any atom is 0.305 e. The molecule has 0 aliphatic carbocycles. The first kappa shape index (κ1) is 10.1. The molecule has 0 spiro atoms. The van der Waals surface area contributed by atoms with Gasteiger partial charge in [-0.2, -0.15) is 0 Å². The second kappa shape index (κ2) is 4.30. The zero-order valence-electron chi connectivity index (χ0n) is 6.85. The molecule has 0 radical (unpaired) electrons. The highest BCUT2D eigenvalue weighted by Gasteiger charge is 2.14. The zero-order chi connectivity index (χ0) is 9.84. The summed E-state index contributed by atoms with van der Waals surface area (Å²) in [5, 5.41) is 18.2. The number of carbonyl (C=O) groups is 1. The predicted octanol–water partition coefficient (Wildman–Crippen LogP) is 0.731. The lowest BCUT2D eigenvalue weighted by Crippen LogP contribution is -2.32. The van der Waals surface area contributed by atoms with Crippen molar-refractivity contribution in [2.45, 2.75) is 12.6 Å². The first-order valence-electron chi connectivity index (χ1n) is 3.81. The van der Waals surface area contributed by atoms with E-state index in [0.29, 0.717) is 5.03 Å². The lowest BCUT2D eigenvalue weighted by atomic mass is 10.3. The van der Waals surface area contributed by atoms with Crippen molar-refractivity contribution >= 4 is 17.6 Å². The number of hydrogen-bond acceptors (Lipinski definition) is 3. The molecule has 0 aromatic heterocycles. The fourth-order valence-electron chi connectivity index (χ4n) is 0.988. The van der Waals surface area contributed by atoms with Gasteiger partial charge >= 0.3 is 5.97 Å². The van der Waals surface area contributed by atoms with Gasteiger partial charge in [-0.3, -0.25) is 4.79 Å². The van der Waals surface area contributed by atoms with E-state index >= 15 is 0 Å². The molecule has 72 valence electrons. The average molecular weight is 204 g/mol. The van der Waals surface area contributed by atoms with Gasteiger partial charge in [0, 0.05) is 12.7 Å². The standard InChI is InChI=1S/C8H10ClNO3/c9-6-1-2-7(11)10(5-6)4-3-8(12)13/h1-2,5,7,11H,3-4H2,(H,12,13). The summed E-state index contributed by atoms with van der Waals surface area (Å²) in [5.41, 5.74) is 0. The van der Waals surface area contributed by atoms with Crippen LogP contribution in [-0.2, 0) is 4.79 Å². The number of aliphatic hydroxyl groups excluding tert-OH is 1. The Balaban J connectivity index is 2.49. The molecule has 1 aliphatic rings. The molecule has 4 nitrogen and oxygen atoms in total. The highest BCUT2D eigenvalue weighted by atomic mass is 35.5. The van der Waals surface area contributed by atoms with Crippen LogP contribution in [0.2, 0.25) is 0 Å². The topological polar surface area (TPSA) is 60.8 Å². The fraction of sp³-hybridized carbons (Fsp3) is 0.375.